The van der Waals surface area contributed by atoms with E-state index in [1.165, 1.54) is 6.92 Å². The molecule has 0 aromatic rings. The van der Waals surface area contributed by atoms with Crippen LogP contribution in [0.3, 0.4) is 0 Å². The first-order chi connectivity index (χ1) is 13.6. The molecule has 0 radical (unpaired) electrons. The van der Waals surface area contributed by atoms with Gasteiger partial charge in [-0.2, -0.15) is 0 Å². The lowest BCUT2D eigenvalue weighted by molar-refractivity contribution is -0.142. The maximum Gasteiger partial charge on any atom is 0.325 e. The van der Waals surface area contributed by atoms with E-state index in [-0.39, 0.29) is 23.8 Å². The van der Waals surface area contributed by atoms with Crippen LogP contribution < -0.4 is 21.3 Å². The molecule has 0 saturated carbocycles. The fourth-order valence-corrected chi connectivity index (χ4v) is 3.20. The van der Waals surface area contributed by atoms with Crippen molar-refractivity contribution in [2.75, 3.05) is 6.54 Å². The molecule has 1 saturated heterocycles. The Hall–Kier alpha value is -2.16. The first-order valence-electron chi connectivity index (χ1n) is 10.4. The zero-order valence-electron chi connectivity index (χ0n) is 18.1. The predicted molar refractivity (Wildman–Crippen MR) is 109 cm³/mol. The van der Waals surface area contributed by atoms with E-state index in [0.717, 1.165) is 19.4 Å². The van der Waals surface area contributed by atoms with Crippen LogP contribution in [0.1, 0.15) is 60.3 Å². The van der Waals surface area contributed by atoms with Crippen molar-refractivity contribution in [1.29, 1.82) is 0 Å². The molecule has 0 bridgehead atoms. The van der Waals surface area contributed by atoms with E-state index in [4.69, 9.17) is 5.11 Å². The van der Waals surface area contributed by atoms with E-state index in [2.05, 4.69) is 21.3 Å². The van der Waals surface area contributed by atoms with Gasteiger partial charge in [-0.15, -0.1) is 0 Å². The van der Waals surface area contributed by atoms with Crippen molar-refractivity contribution in [1.82, 2.24) is 21.3 Å². The number of amides is 3. The second kappa shape index (κ2) is 11.7. The largest absolute Gasteiger partial charge is 0.480 e. The summed E-state index contributed by atoms with van der Waals surface area (Å²) in [5.41, 5.74) is 0. The quantitative estimate of drug-likeness (QED) is 0.333. The minimum absolute atomic E-state index is 0.102. The number of carboxylic acid groups (broad SMARTS) is 1. The molecule has 5 atom stereocenters. The first-order valence-corrected chi connectivity index (χ1v) is 10.4. The molecule has 9 nitrogen and oxygen atoms in total. The molecule has 1 aliphatic rings. The Kier molecular flexibility index (Phi) is 10.1. The van der Waals surface area contributed by atoms with Crippen molar-refractivity contribution in [3.8, 4) is 0 Å². The van der Waals surface area contributed by atoms with Crippen LogP contribution in [0.2, 0.25) is 0 Å². The molecule has 1 heterocycles. The van der Waals surface area contributed by atoms with Gasteiger partial charge in [0.25, 0.3) is 0 Å². The molecule has 3 amide bonds. The molecule has 9 heteroatoms. The van der Waals surface area contributed by atoms with Gasteiger partial charge in [0.15, 0.2) is 0 Å². The highest BCUT2D eigenvalue weighted by Crippen LogP contribution is 2.12. The summed E-state index contributed by atoms with van der Waals surface area (Å²) in [6, 6.07) is -3.01. The van der Waals surface area contributed by atoms with Crippen LogP contribution in [0.15, 0.2) is 0 Å². The molecule has 0 aromatic heterocycles. The lowest BCUT2D eigenvalue weighted by Crippen LogP contribution is -2.58. The van der Waals surface area contributed by atoms with Gasteiger partial charge < -0.3 is 26.4 Å². The van der Waals surface area contributed by atoms with Gasteiger partial charge in [-0.1, -0.05) is 34.1 Å². The van der Waals surface area contributed by atoms with Crippen LogP contribution in [0.25, 0.3) is 0 Å². The normalized spacial score (nSPS) is 20.4. The Morgan fingerprint density at radius 2 is 1.69 bits per heavy atom. The van der Waals surface area contributed by atoms with Gasteiger partial charge in [0.05, 0.1) is 6.04 Å². The van der Waals surface area contributed by atoms with Crippen molar-refractivity contribution < 1.29 is 24.3 Å². The Labute approximate surface area is 172 Å². The average molecular weight is 413 g/mol. The fourth-order valence-electron chi connectivity index (χ4n) is 3.20. The summed E-state index contributed by atoms with van der Waals surface area (Å²) >= 11 is 0. The SMILES string of the molecule is CCC(C)C(NC(=O)C1CCCN1)C(=O)NC(CC(C)C)C(=O)NC(C)C(=O)O. The number of carbonyl (C=O) groups is 4. The summed E-state index contributed by atoms with van der Waals surface area (Å²) in [6.45, 7) is 9.76. The van der Waals surface area contributed by atoms with E-state index in [1.54, 1.807) is 0 Å². The molecule has 5 unspecified atom stereocenters. The predicted octanol–water partition coefficient (Wildman–Crippen LogP) is 0.390. The summed E-state index contributed by atoms with van der Waals surface area (Å²) in [4.78, 5) is 49.0. The Bertz CT molecular complexity index is 589. The fraction of sp³-hybridized carbons (Fsp3) is 0.800. The molecule has 1 rings (SSSR count). The maximum atomic E-state index is 13.0. The van der Waals surface area contributed by atoms with Crippen molar-refractivity contribution >= 4 is 23.7 Å². The average Bonchev–Trinajstić information content (AvgIpc) is 3.18. The van der Waals surface area contributed by atoms with E-state index >= 15 is 0 Å². The van der Waals surface area contributed by atoms with Crippen LogP contribution in [0.5, 0.6) is 0 Å². The highest BCUT2D eigenvalue weighted by molar-refractivity contribution is 5.94. The van der Waals surface area contributed by atoms with Crippen LogP contribution >= 0.6 is 0 Å². The smallest absolute Gasteiger partial charge is 0.325 e. The zero-order valence-corrected chi connectivity index (χ0v) is 18.1. The Balaban J connectivity index is 2.88. The standard InChI is InChI=1S/C20H36N4O5/c1-6-12(4)16(24-17(25)14-8-7-9-21-14)19(27)23-15(10-11(2)3)18(26)22-13(5)20(28)29/h11-16,21H,6-10H2,1-5H3,(H,22,26)(H,23,27)(H,24,25)(H,28,29). The molecule has 0 aliphatic carbocycles. The summed E-state index contributed by atoms with van der Waals surface area (Å²) < 4.78 is 0. The molecule has 166 valence electrons. The van der Waals surface area contributed by atoms with E-state index < -0.39 is 35.9 Å². The second-order valence-electron chi connectivity index (χ2n) is 8.28. The molecular weight excluding hydrogens is 376 g/mol. The third kappa shape index (κ3) is 8.00. The third-order valence-corrected chi connectivity index (χ3v) is 5.24. The van der Waals surface area contributed by atoms with Gasteiger partial charge in [-0.3, -0.25) is 19.2 Å². The van der Waals surface area contributed by atoms with Gasteiger partial charge in [0.2, 0.25) is 17.7 Å². The maximum absolute atomic E-state index is 13.0. The number of carbonyl (C=O) groups excluding carboxylic acids is 3. The topological polar surface area (TPSA) is 137 Å². The number of hydrogen-bond acceptors (Lipinski definition) is 5. The van der Waals surface area contributed by atoms with Crippen molar-refractivity contribution in [2.45, 2.75) is 84.5 Å². The van der Waals surface area contributed by atoms with Crippen molar-refractivity contribution in [3.63, 3.8) is 0 Å². The van der Waals surface area contributed by atoms with Crippen LogP contribution in [-0.2, 0) is 19.2 Å². The van der Waals surface area contributed by atoms with E-state index in [9.17, 15) is 19.2 Å². The third-order valence-electron chi connectivity index (χ3n) is 5.24. The molecule has 0 aromatic carbocycles. The number of nitrogens with one attached hydrogen (secondary N) is 4. The highest BCUT2D eigenvalue weighted by Gasteiger charge is 2.33. The van der Waals surface area contributed by atoms with Crippen LogP contribution in [-0.4, -0.2) is 59.5 Å². The Morgan fingerprint density at radius 3 is 2.17 bits per heavy atom. The summed E-state index contributed by atoms with van der Waals surface area (Å²) in [6.07, 6.45) is 2.67. The van der Waals surface area contributed by atoms with Crippen LogP contribution in [0.4, 0.5) is 0 Å². The van der Waals surface area contributed by atoms with Crippen molar-refractivity contribution in [2.24, 2.45) is 11.8 Å². The number of aliphatic carboxylic acids is 1. The molecule has 0 spiro atoms. The molecule has 5 N–H and O–H groups in total. The molecular formula is C20H36N4O5. The van der Waals surface area contributed by atoms with Gasteiger partial charge in [-0.25, -0.2) is 0 Å². The van der Waals surface area contributed by atoms with Gasteiger partial charge in [0, 0.05) is 0 Å². The molecule has 1 aliphatic heterocycles. The first kappa shape index (κ1) is 24.9. The highest BCUT2D eigenvalue weighted by atomic mass is 16.4. The summed E-state index contributed by atoms with van der Waals surface area (Å²) in [5, 5.41) is 20.1. The zero-order chi connectivity index (χ0) is 22.1. The second-order valence-corrected chi connectivity index (χ2v) is 8.28. The van der Waals surface area contributed by atoms with E-state index in [0.29, 0.717) is 12.8 Å². The summed E-state index contributed by atoms with van der Waals surface area (Å²) in [7, 11) is 0. The number of carboxylic acids is 1. The number of hydrogen-bond donors (Lipinski definition) is 5. The minimum atomic E-state index is -1.15. The molecule has 1 fully saturated rings. The lowest BCUT2D eigenvalue weighted by atomic mass is 9.96. The lowest BCUT2D eigenvalue weighted by Gasteiger charge is -2.28. The monoisotopic (exact) mass is 412 g/mol. The van der Waals surface area contributed by atoms with Gasteiger partial charge in [-0.05, 0) is 44.6 Å². The molecule has 29 heavy (non-hydrogen) atoms. The van der Waals surface area contributed by atoms with E-state index in [1.807, 2.05) is 27.7 Å². The minimum Gasteiger partial charge on any atom is -0.480 e. The van der Waals surface area contributed by atoms with Gasteiger partial charge >= 0.3 is 5.97 Å². The summed E-state index contributed by atoms with van der Waals surface area (Å²) in [5.74, 6) is -2.37. The van der Waals surface area contributed by atoms with Gasteiger partial charge in [0.1, 0.15) is 18.1 Å². The Morgan fingerprint density at radius 1 is 1.03 bits per heavy atom. The number of rotatable bonds is 11. The van der Waals surface area contributed by atoms with Crippen molar-refractivity contribution in [3.05, 3.63) is 0 Å². The van der Waals surface area contributed by atoms with Crippen LogP contribution in [0, 0.1) is 11.8 Å².